The van der Waals surface area contributed by atoms with Gasteiger partial charge >= 0.3 is 0 Å². The van der Waals surface area contributed by atoms with Gasteiger partial charge in [-0.3, -0.25) is 0 Å². The lowest BCUT2D eigenvalue weighted by Crippen LogP contribution is -2.28. The zero-order valence-electron chi connectivity index (χ0n) is 10.8. The summed E-state index contributed by atoms with van der Waals surface area (Å²) in [5.41, 5.74) is 7.92. The molecule has 0 unspecified atom stereocenters. The summed E-state index contributed by atoms with van der Waals surface area (Å²) in [5.74, 6) is 1.74. The Kier molecular flexibility index (Phi) is 4.74. The number of nitrogens with zero attached hydrogens (tertiary/aromatic N) is 2. The van der Waals surface area contributed by atoms with Crippen molar-refractivity contribution in [1.82, 2.24) is 4.98 Å². The zero-order valence-corrected chi connectivity index (χ0v) is 10.8. The van der Waals surface area contributed by atoms with E-state index in [0.29, 0.717) is 12.5 Å². The van der Waals surface area contributed by atoms with Crippen LogP contribution < -0.4 is 10.6 Å². The second kappa shape index (κ2) is 5.85. The normalized spacial score (nSPS) is 10.9. The third-order valence-corrected chi connectivity index (χ3v) is 2.61. The van der Waals surface area contributed by atoms with Crippen LogP contribution in [0.15, 0.2) is 12.3 Å². The maximum Gasteiger partial charge on any atom is 0.131 e. The summed E-state index contributed by atoms with van der Waals surface area (Å²) >= 11 is 0. The molecule has 0 aliphatic heterocycles. The molecule has 1 aromatic heterocycles. The van der Waals surface area contributed by atoms with Crippen molar-refractivity contribution in [3.05, 3.63) is 23.4 Å². The number of aryl methyl sites for hydroxylation is 1. The maximum atomic E-state index is 5.60. The molecule has 2 N–H and O–H groups in total. The molecule has 3 nitrogen and oxygen atoms in total. The fourth-order valence-corrected chi connectivity index (χ4v) is 1.87. The fraction of sp³-hybridized carbons (Fsp3) is 0.615. The van der Waals surface area contributed by atoms with Crippen LogP contribution in [0.5, 0.6) is 0 Å². The number of rotatable bonds is 5. The molecule has 0 atom stereocenters. The Morgan fingerprint density at radius 1 is 1.44 bits per heavy atom. The molecule has 1 rings (SSSR count). The maximum absolute atomic E-state index is 5.60. The molecule has 0 aliphatic rings. The van der Waals surface area contributed by atoms with E-state index in [4.69, 9.17) is 5.73 Å². The highest BCUT2D eigenvalue weighted by molar-refractivity contribution is 5.47. The molecule has 0 saturated carbocycles. The minimum Gasteiger partial charge on any atom is -0.356 e. The first-order valence-corrected chi connectivity index (χ1v) is 5.99. The van der Waals surface area contributed by atoms with Gasteiger partial charge in [0.15, 0.2) is 0 Å². The van der Waals surface area contributed by atoms with E-state index in [1.165, 1.54) is 5.56 Å². The first kappa shape index (κ1) is 13.0. The standard InChI is InChI=1S/C13H23N3/c1-5-16(9-10(2)3)13-11(4)6-12(7-14)8-15-13/h6,8,10H,5,7,9,14H2,1-4H3. The first-order chi connectivity index (χ1) is 7.58. The van der Waals surface area contributed by atoms with Crippen LogP contribution in [-0.2, 0) is 6.54 Å². The molecular formula is C13H23N3. The summed E-state index contributed by atoms with van der Waals surface area (Å²) in [4.78, 5) is 6.84. The lowest BCUT2D eigenvalue weighted by molar-refractivity contribution is 0.613. The van der Waals surface area contributed by atoms with E-state index >= 15 is 0 Å². The van der Waals surface area contributed by atoms with E-state index in [1.54, 1.807) is 0 Å². The monoisotopic (exact) mass is 221 g/mol. The van der Waals surface area contributed by atoms with Crippen LogP contribution in [-0.4, -0.2) is 18.1 Å². The minimum absolute atomic E-state index is 0.560. The molecule has 16 heavy (non-hydrogen) atoms. The average Bonchev–Trinajstić information content (AvgIpc) is 2.25. The third-order valence-electron chi connectivity index (χ3n) is 2.61. The Bertz CT molecular complexity index is 334. The Morgan fingerprint density at radius 3 is 2.56 bits per heavy atom. The van der Waals surface area contributed by atoms with Gasteiger partial charge < -0.3 is 10.6 Å². The molecular weight excluding hydrogens is 198 g/mol. The first-order valence-electron chi connectivity index (χ1n) is 5.99. The Morgan fingerprint density at radius 2 is 2.12 bits per heavy atom. The van der Waals surface area contributed by atoms with Crippen molar-refractivity contribution in [2.75, 3.05) is 18.0 Å². The Labute approximate surface area is 98.7 Å². The summed E-state index contributed by atoms with van der Waals surface area (Å²) < 4.78 is 0. The van der Waals surface area contributed by atoms with Crippen molar-refractivity contribution in [2.24, 2.45) is 11.7 Å². The smallest absolute Gasteiger partial charge is 0.131 e. The average molecular weight is 221 g/mol. The highest BCUT2D eigenvalue weighted by atomic mass is 15.2. The highest BCUT2D eigenvalue weighted by Gasteiger charge is 2.10. The lowest BCUT2D eigenvalue weighted by Gasteiger charge is -2.25. The van der Waals surface area contributed by atoms with Crippen molar-refractivity contribution in [1.29, 1.82) is 0 Å². The molecule has 0 spiro atoms. The number of anilines is 1. The molecule has 0 bridgehead atoms. The van der Waals surface area contributed by atoms with Crippen molar-refractivity contribution < 1.29 is 0 Å². The summed E-state index contributed by atoms with van der Waals surface area (Å²) in [6.07, 6.45) is 1.88. The van der Waals surface area contributed by atoms with E-state index in [1.807, 2.05) is 6.20 Å². The number of hydrogen-bond donors (Lipinski definition) is 1. The van der Waals surface area contributed by atoms with Gasteiger partial charge in [0, 0.05) is 25.8 Å². The van der Waals surface area contributed by atoms with E-state index in [9.17, 15) is 0 Å². The van der Waals surface area contributed by atoms with Gasteiger partial charge in [0.1, 0.15) is 5.82 Å². The van der Waals surface area contributed by atoms with E-state index in [0.717, 1.165) is 24.5 Å². The molecule has 0 amide bonds. The molecule has 0 aliphatic carbocycles. The van der Waals surface area contributed by atoms with Crippen LogP contribution >= 0.6 is 0 Å². The highest BCUT2D eigenvalue weighted by Crippen LogP contribution is 2.18. The quantitative estimate of drug-likeness (QED) is 0.829. The molecule has 0 radical (unpaired) electrons. The van der Waals surface area contributed by atoms with Crippen LogP contribution in [0.3, 0.4) is 0 Å². The van der Waals surface area contributed by atoms with Gasteiger partial charge in [0.25, 0.3) is 0 Å². The molecule has 0 fully saturated rings. The van der Waals surface area contributed by atoms with Crippen LogP contribution in [0.4, 0.5) is 5.82 Å². The number of nitrogens with two attached hydrogens (primary N) is 1. The largest absolute Gasteiger partial charge is 0.356 e. The second-order valence-corrected chi connectivity index (χ2v) is 4.62. The van der Waals surface area contributed by atoms with Gasteiger partial charge in [0.05, 0.1) is 0 Å². The van der Waals surface area contributed by atoms with Gasteiger partial charge in [-0.2, -0.15) is 0 Å². The topological polar surface area (TPSA) is 42.2 Å². The summed E-state index contributed by atoms with van der Waals surface area (Å²) in [6.45, 7) is 11.3. The molecule has 90 valence electrons. The van der Waals surface area contributed by atoms with Crippen LogP contribution in [0.1, 0.15) is 31.9 Å². The summed E-state index contributed by atoms with van der Waals surface area (Å²) in [6, 6.07) is 2.13. The lowest BCUT2D eigenvalue weighted by atomic mass is 10.1. The number of pyridine rings is 1. The van der Waals surface area contributed by atoms with Crippen LogP contribution in [0.25, 0.3) is 0 Å². The molecule has 1 heterocycles. The Balaban J connectivity index is 2.92. The number of hydrogen-bond acceptors (Lipinski definition) is 3. The fourth-order valence-electron chi connectivity index (χ4n) is 1.87. The predicted molar refractivity (Wildman–Crippen MR) is 69.6 cm³/mol. The van der Waals surface area contributed by atoms with Gasteiger partial charge in [-0.15, -0.1) is 0 Å². The zero-order chi connectivity index (χ0) is 12.1. The van der Waals surface area contributed by atoms with E-state index in [2.05, 4.69) is 43.6 Å². The summed E-state index contributed by atoms with van der Waals surface area (Å²) in [7, 11) is 0. The molecule has 0 saturated heterocycles. The number of aromatic nitrogens is 1. The molecule has 3 heteroatoms. The third kappa shape index (κ3) is 3.20. The Hall–Kier alpha value is -1.09. The molecule has 1 aromatic rings. The van der Waals surface area contributed by atoms with Gasteiger partial charge in [-0.25, -0.2) is 4.98 Å². The van der Waals surface area contributed by atoms with Gasteiger partial charge in [0.2, 0.25) is 0 Å². The van der Waals surface area contributed by atoms with Gasteiger partial charge in [-0.05, 0) is 37.0 Å². The van der Waals surface area contributed by atoms with E-state index in [-0.39, 0.29) is 0 Å². The van der Waals surface area contributed by atoms with Crippen molar-refractivity contribution in [3.63, 3.8) is 0 Å². The minimum atomic E-state index is 0.560. The van der Waals surface area contributed by atoms with Crippen LogP contribution in [0, 0.1) is 12.8 Å². The van der Waals surface area contributed by atoms with Crippen LogP contribution in [0.2, 0.25) is 0 Å². The van der Waals surface area contributed by atoms with Crippen molar-refractivity contribution >= 4 is 5.82 Å². The SMILES string of the molecule is CCN(CC(C)C)c1ncc(CN)cc1C. The van der Waals surface area contributed by atoms with Gasteiger partial charge in [-0.1, -0.05) is 13.8 Å². The second-order valence-electron chi connectivity index (χ2n) is 4.62. The van der Waals surface area contributed by atoms with Crippen molar-refractivity contribution in [3.8, 4) is 0 Å². The molecule has 0 aromatic carbocycles. The van der Waals surface area contributed by atoms with Crippen molar-refractivity contribution in [2.45, 2.75) is 34.2 Å². The van der Waals surface area contributed by atoms with E-state index < -0.39 is 0 Å². The predicted octanol–water partition coefficient (Wildman–Crippen LogP) is 2.33. The summed E-state index contributed by atoms with van der Waals surface area (Å²) in [5, 5.41) is 0.